The Morgan fingerprint density at radius 1 is 1.31 bits per heavy atom. The number of H-pyrrole nitrogens is 1. The van der Waals surface area contributed by atoms with Crippen molar-refractivity contribution in [3.63, 3.8) is 0 Å². The second-order valence-electron chi connectivity index (χ2n) is 7.46. The summed E-state index contributed by atoms with van der Waals surface area (Å²) in [4.78, 5) is 31.3. The van der Waals surface area contributed by atoms with Crippen molar-refractivity contribution in [1.29, 1.82) is 0 Å². The predicted octanol–water partition coefficient (Wildman–Crippen LogP) is 1.88. The zero-order chi connectivity index (χ0) is 22.5. The summed E-state index contributed by atoms with van der Waals surface area (Å²) in [5.41, 5.74) is 4.76. The Kier molecular flexibility index (Phi) is 6.11. The number of carboxylic acid groups (broad SMARTS) is 1. The van der Waals surface area contributed by atoms with E-state index in [-0.39, 0.29) is 18.3 Å². The lowest BCUT2D eigenvalue weighted by molar-refractivity contribution is -0.122. The lowest BCUT2D eigenvalue weighted by Crippen LogP contribution is -2.38. The number of hydrogen-bond donors (Lipinski definition) is 2. The molecule has 1 aromatic carbocycles. The molecule has 2 N–H and O–H groups in total. The highest BCUT2D eigenvalue weighted by Gasteiger charge is 2.32. The number of benzene rings is 1. The van der Waals surface area contributed by atoms with Gasteiger partial charge in [-0.1, -0.05) is 12.1 Å². The molecule has 0 fully saturated rings. The van der Waals surface area contributed by atoms with E-state index < -0.39 is 0 Å². The summed E-state index contributed by atoms with van der Waals surface area (Å²) in [5, 5.41) is 15.4. The molecule has 1 atom stereocenters. The summed E-state index contributed by atoms with van der Waals surface area (Å²) < 4.78 is 3.63. The van der Waals surface area contributed by atoms with Crippen molar-refractivity contribution in [3.8, 4) is 0 Å². The number of hydrogen-bond acceptors (Lipinski definition) is 5. The van der Waals surface area contributed by atoms with Gasteiger partial charge in [-0.3, -0.25) is 19.0 Å². The van der Waals surface area contributed by atoms with Gasteiger partial charge in [-0.05, 0) is 23.8 Å². The predicted molar refractivity (Wildman–Crippen MR) is 115 cm³/mol. The number of carbonyl (C=O) groups is 2. The fraction of sp³-hybridized carbons (Fsp3) is 0.227. The zero-order valence-corrected chi connectivity index (χ0v) is 17.5. The van der Waals surface area contributed by atoms with E-state index >= 15 is 0 Å². The van der Waals surface area contributed by atoms with Crippen LogP contribution in [0.1, 0.15) is 38.8 Å². The van der Waals surface area contributed by atoms with E-state index in [0.717, 1.165) is 22.5 Å². The molecule has 0 radical (unpaired) electrons. The van der Waals surface area contributed by atoms with Gasteiger partial charge in [0.2, 0.25) is 0 Å². The van der Waals surface area contributed by atoms with Crippen LogP contribution in [-0.2, 0) is 24.9 Å². The standard InChI is InChI=1S/C21H21N7O.CH2O2/c1-26-11-17(9-25-26)18-12-27(13-19-20(18)23-14-22-19)21(29)16-5-2-4-15(8-16)10-28-7-3-6-24-28;2-1-3/h2-9,11,14,18H,10,12-13H2,1H3,(H,22,23);1H,(H,2,3). The summed E-state index contributed by atoms with van der Waals surface area (Å²) in [7, 11) is 1.89. The molecule has 32 heavy (non-hydrogen) atoms. The number of imidazole rings is 1. The van der Waals surface area contributed by atoms with E-state index in [2.05, 4.69) is 20.2 Å². The van der Waals surface area contributed by atoms with Crippen molar-refractivity contribution in [2.75, 3.05) is 6.54 Å². The molecule has 0 bridgehead atoms. The highest BCUT2D eigenvalue weighted by Crippen LogP contribution is 2.32. The van der Waals surface area contributed by atoms with Crippen LogP contribution < -0.4 is 0 Å². The van der Waals surface area contributed by atoms with E-state index in [0.29, 0.717) is 25.2 Å². The minimum atomic E-state index is -0.250. The molecule has 1 aliphatic rings. The molecule has 3 aromatic heterocycles. The molecule has 164 valence electrons. The van der Waals surface area contributed by atoms with Crippen molar-refractivity contribution < 1.29 is 14.7 Å². The van der Waals surface area contributed by atoms with Crippen molar-refractivity contribution in [2.45, 2.75) is 19.0 Å². The molecular formula is C22H23N7O3. The Hall–Kier alpha value is -4.21. The first-order chi connectivity index (χ1) is 15.6. The van der Waals surface area contributed by atoms with E-state index in [1.807, 2.05) is 65.6 Å². The topological polar surface area (TPSA) is 122 Å². The normalized spacial score (nSPS) is 14.9. The fourth-order valence-corrected chi connectivity index (χ4v) is 3.93. The number of carbonyl (C=O) groups excluding carboxylic acids is 1. The fourth-order valence-electron chi connectivity index (χ4n) is 3.93. The van der Waals surface area contributed by atoms with Crippen molar-refractivity contribution in [3.05, 3.63) is 89.5 Å². The van der Waals surface area contributed by atoms with Crippen LogP contribution in [0.2, 0.25) is 0 Å². The van der Waals surface area contributed by atoms with Crippen LogP contribution in [0.5, 0.6) is 0 Å². The molecule has 1 unspecified atom stereocenters. The largest absolute Gasteiger partial charge is 0.483 e. The van der Waals surface area contributed by atoms with Gasteiger partial charge < -0.3 is 15.0 Å². The number of nitrogens with one attached hydrogen (secondary N) is 1. The van der Waals surface area contributed by atoms with Gasteiger partial charge in [-0.2, -0.15) is 10.2 Å². The number of rotatable bonds is 4. The van der Waals surface area contributed by atoms with Crippen LogP contribution >= 0.6 is 0 Å². The molecule has 0 spiro atoms. The van der Waals surface area contributed by atoms with E-state index in [4.69, 9.17) is 9.90 Å². The molecular weight excluding hydrogens is 410 g/mol. The van der Waals surface area contributed by atoms with E-state index in [9.17, 15) is 4.79 Å². The number of aromatic amines is 1. The van der Waals surface area contributed by atoms with E-state index in [1.165, 1.54) is 0 Å². The Morgan fingerprint density at radius 3 is 2.88 bits per heavy atom. The minimum absolute atomic E-state index is 0.00917. The average molecular weight is 433 g/mol. The average Bonchev–Trinajstić information content (AvgIpc) is 3.55. The van der Waals surface area contributed by atoms with Crippen molar-refractivity contribution in [2.24, 2.45) is 7.05 Å². The van der Waals surface area contributed by atoms with Crippen molar-refractivity contribution in [1.82, 2.24) is 34.4 Å². The van der Waals surface area contributed by atoms with Gasteiger partial charge in [0.1, 0.15) is 0 Å². The van der Waals surface area contributed by atoms with Crippen molar-refractivity contribution >= 4 is 12.4 Å². The number of fused-ring (bicyclic) bond motifs is 1. The summed E-state index contributed by atoms with van der Waals surface area (Å²) >= 11 is 0. The first-order valence-electron chi connectivity index (χ1n) is 10.0. The van der Waals surface area contributed by atoms with Crippen LogP contribution in [0.15, 0.2) is 61.4 Å². The van der Waals surface area contributed by atoms with Crippen LogP contribution in [0, 0.1) is 0 Å². The lowest BCUT2D eigenvalue weighted by atomic mass is 9.92. The summed E-state index contributed by atoms with van der Waals surface area (Å²) in [6.07, 6.45) is 9.21. The molecule has 1 aliphatic heterocycles. The highest BCUT2D eigenvalue weighted by atomic mass is 16.3. The third-order valence-electron chi connectivity index (χ3n) is 5.33. The Balaban J connectivity index is 0.000000775. The summed E-state index contributed by atoms with van der Waals surface area (Å²) in [6, 6.07) is 9.65. The third-order valence-corrected chi connectivity index (χ3v) is 5.33. The first kappa shape index (κ1) is 21.0. The Bertz CT molecular complexity index is 1200. The number of nitrogens with zero attached hydrogens (tertiary/aromatic N) is 6. The second-order valence-corrected chi connectivity index (χ2v) is 7.46. The van der Waals surface area contributed by atoms with Gasteiger partial charge in [0.05, 0.1) is 37.0 Å². The Labute approximate surface area is 184 Å². The molecule has 0 saturated heterocycles. The van der Waals surface area contributed by atoms with Gasteiger partial charge in [-0.25, -0.2) is 4.98 Å². The van der Waals surface area contributed by atoms with Crippen LogP contribution in [0.25, 0.3) is 0 Å². The highest BCUT2D eigenvalue weighted by molar-refractivity contribution is 5.94. The molecule has 0 saturated carbocycles. The molecule has 1 amide bonds. The summed E-state index contributed by atoms with van der Waals surface area (Å²) in [5.74, 6) is 0.0244. The van der Waals surface area contributed by atoms with Gasteiger partial charge >= 0.3 is 0 Å². The molecule has 4 aromatic rings. The molecule has 0 aliphatic carbocycles. The quantitative estimate of drug-likeness (QED) is 0.474. The summed E-state index contributed by atoms with van der Waals surface area (Å²) in [6.45, 7) is 1.48. The maximum atomic E-state index is 13.3. The van der Waals surface area contributed by atoms with E-state index in [1.54, 1.807) is 17.2 Å². The van der Waals surface area contributed by atoms with Gasteiger partial charge in [0.15, 0.2) is 0 Å². The molecule has 4 heterocycles. The minimum Gasteiger partial charge on any atom is -0.483 e. The number of aryl methyl sites for hydroxylation is 1. The Morgan fingerprint density at radius 2 is 2.16 bits per heavy atom. The SMILES string of the molecule is Cn1cc(C2CN(C(=O)c3cccc(Cn4cccn4)c3)Cc3[nH]cnc32)cn1.O=CO. The van der Waals surface area contributed by atoms with Crippen LogP contribution in [-0.4, -0.2) is 58.5 Å². The zero-order valence-electron chi connectivity index (χ0n) is 17.5. The van der Waals surface area contributed by atoms with Crippen LogP contribution in [0.4, 0.5) is 0 Å². The van der Waals surface area contributed by atoms with Gasteiger partial charge in [0, 0.05) is 49.2 Å². The first-order valence-corrected chi connectivity index (χ1v) is 10.0. The maximum Gasteiger partial charge on any atom is 0.290 e. The smallest absolute Gasteiger partial charge is 0.290 e. The molecule has 10 heteroatoms. The second kappa shape index (κ2) is 9.29. The molecule has 5 rings (SSSR count). The number of amides is 1. The van der Waals surface area contributed by atoms with Gasteiger partial charge in [-0.15, -0.1) is 0 Å². The van der Waals surface area contributed by atoms with Gasteiger partial charge in [0.25, 0.3) is 12.4 Å². The monoisotopic (exact) mass is 433 g/mol. The number of aromatic nitrogens is 6. The third kappa shape index (κ3) is 4.43. The molecule has 10 nitrogen and oxygen atoms in total. The lowest BCUT2D eigenvalue weighted by Gasteiger charge is -2.31. The maximum absolute atomic E-state index is 13.3. The van der Waals surface area contributed by atoms with Crippen LogP contribution in [0.3, 0.4) is 0 Å².